The van der Waals surface area contributed by atoms with Gasteiger partial charge in [0.1, 0.15) is 11.9 Å². The highest BCUT2D eigenvalue weighted by Crippen LogP contribution is 2.30. The third-order valence-corrected chi connectivity index (χ3v) is 8.04. The summed E-state index contributed by atoms with van der Waals surface area (Å²) in [6.45, 7) is 5.67. The molecule has 0 N–H and O–H groups in total. The van der Waals surface area contributed by atoms with Gasteiger partial charge in [-0.25, -0.2) is 17.5 Å². The zero-order valence-electron chi connectivity index (χ0n) is 19.3. The standard InChI is InChI=1S/C23H26BrFN4O4S/c1-15(2)22(23(30)33-4)29(34(31,32)21-10-9-18(25)11-20(21)24)14-19-13-28(27-26-19)12-17-7-5-16(3)6-8-17/h5-11,13,15,22H,12,14H2,1-4H3/t22-/m0/s1. The maximum atomic E-state index is 13.7. The fourth-order valence-corrected chi connectivity index (χ4v) is 6.21. The van der Waals surface area contributed by atoms with Gasteiger partial charge in [-0.2, -0.15) is 4.31 Å². The highest BCUT2D eigenvalue weighted by Gasteiger charge is 2.40. The minimum Gasteiger partial charge on any atom is -0.468 e. The van der Waals surface area contributed by atoms with E-state index in [0.717, 1.165) is 33.6 Å². The molecule has 0 saturated carbocycles. The van der Waals surface area contributed by atoms with Crippen LogP contribution in [-0.2, 0) is 32.6 Å². The summed E-state index contributed by atoms with van der Waals surface area (Å²) in [6.07, 6.45) is 1.64. The van der Waals surface area contributed by atoms with Gasteiger partial charge in [-0.1, -0.05) is 48.9 Å². The van der Waals surface area contributed by atoms with E-state index in [1.165, 1.54) is 7.11 Å². The van der Waals surface area contributed by atoms with Gasteiger partial charge in [-0.3, -0.25) is 4.79 Å². The normalized spacial score (nSPS) is 12.8. The molecular formula is C23H26BrFN4O4S. The lowest BCUT2D eigenvalue weighted by molar-refractivity contribution is -0.146. The Morgan fingerprint density at radius 2 is 1.88 bits per heavy atom. The number of methoxy groups -OCH3 is 1. The van der Waals surface area contributed by atoms with Gasteiger partial charge in [0.2, 0.25) is 10.0 Å². The molecule has 182 valence electrons. The quantitative estimate of drug-likeness (QED) is 0.373. The number of esters is 1. The molecule has 2 aromatic carbocycles. The lowest BCUT2D eigenvalue weighted by atomic mass is 10.0. The average Bonchev–Trinajstić information content (AvgIpc) is 3.21. The van der Waals surface area contributed by atoms with Crippen LogP contribution in [0.5, 0.6) is 0 Å². The molecule has 3 aromatic rings. The summed E-state index contributed by atoms with van der Waals surface area (Å²) in [7, 11) is -3.06. The van der Waals surface area contributed by atoms with Crippen LogP contribution in [0.2, 0.25) is 0 Å². The predicted molar refractivity (Wildman–Crippen MR) is 128 cm³/mol. The Kier molecular flexibility index (Phi) is 8.21. The lowest BCUT2D eigenvalue weighted by Gasteiger charge is -2.31. The molecule has 11 heteroatoms. The van der Waals surface area contributed by atoms with Gasteiger partial charge in [0.05, 0.1) is 37.0 Å². The number of hydrogen-bond donors (Lipinski definition) is 0. The van der Waals surface area contributed by atoms with Crippen molar-refractivity contribution < 1.29 is 22.3 Å². The van der Waals surface area contributed by atoms with Crippen molar-refractivity contribution in [2.45, 2.75) is 44.8 Å². The van der Waals surface area contributed by atoms with E-state index in [4.69, 9.17) is 4.74 Å². The fourth-order valence-electron chi connectivity index (χ4n) is 3.52. The summed E-state index contributed by atoms with van der Waals surface area (Å²) in [4.78, 5) is 12.5. The zero-order valence-corrected chi connectivity index (χ0v) is 21.7. The van der Waals surface area contributed by atoms with E-state index in [9.17, 15) is 17.6 Å². The number of hydrogen-bond acceptors (Lipinski definition) is 6. The summed E-state index contributed by atoms with van der Waals surface area (Å²) in [6, 6.07) is 10.1. The summed E-state index contributed by atoms with van der Waals surface area (Å²) in [5, 5.41) is 8.23. The Hall–Kier alpha value is -2.63. The van der Waals surface area contributed by atoms with Crippen molar-refractivity contribution in [1.29, 1.82) is 0 Å². The van der Waals surface area contributed by atoms with Gasteiger partial charge in [-0.15, -0.1) is 5.10 Å². The van der Waals surface area contributed by atoms with Crippen molar-refractivity contribution in [1.82, 2.24) is 19.3 Å². The van der Waals surface area contributed by atoms with E-state index in [2.05, 4.69) is 26.2 Å². The first-order chi connectivity index (χ1) is 16.0. The number of carbonyl (C=O) groups excluding carboxylic acids is 1. The smallest absolute Gasteiger partial charge is 0.324 e. The van der Waals surface area contributed by atoms with Crippen molar-refractivity contribution in [3.63, 3.8) is 0 Å². The Morgan fingerprint density at radius 3 is 2.47 bits per heavy atom. The summed E-state index contributed by atoms with van der Waals surface area (Å²) >= 11 is 3.13. The van der Waals surface area contributed by atoms with E-state index < -0.39 is 33.8 Å². The highest BCUT2D eigenvalue weighted by molar-refractivity contribution is 9.10. The fraction of sp³-hybridized carbons (Fsp3) is 0.348. The second-order valence-corrected chi connectivity index (χ2v) is 10.9. The van der Waals surface area contributed by atoms with E-state index in [1.54, 1.807) is 24.7 Å². The number of aryl methyl sites for hydroxylation is 1. The first-order valence-corrected chi connectivity index (χ1v) is 12.8. The van der Waals surface area contributed by atoms with Gasteiger partial charge in [0.25, 0.3) is 0 Å². The second-order valence-electron chi connectivity index (χ2n) is 8.23. The van der Waals surface area contributed by atoms with E-state index in [1.807, 2.05) is 31.2 Å². The van der Waals surface area contributed by atoms with Gasteiger partial charge in [0, 0.05) is 4.47 Å². The molecule has 3 rings (SSSR count). The van der Waals surface area contributed by atoms with Crippen LogP contribution >= 0.6 is 15.9 Å². The number of halogens is 2. The van der Waals surface area contributed by atoms with E-state index >= 15 is 0 Å². The Bertz CT molecular complexity index is 1260. The largest absolute Gasteiger partial charge is 0.468 e. The molecule has 0 unspecified atom stereocenters. The molecule has 1 heterocycles. The minimum atomic E-state index is -4.26. The maximum Gasteiger partial charge on any atom is 0.324 e. The third-order valence-electron chi connectivity index (χ3n) is 5.23. The Balaban J connectivity index is 1.98. The van der Waals surface area contributed by atoms with Crippen molar-refractivity contribution >= 4 is 31.9 Å². The van der Waals surface area contributed by atoms with Crippen LogP contribution in [-0.4, -0.2) is 46.8 Å². The van der Waals surface area contributed by atoms with Gasteiger partial charge < -0.3 is 4.74 Å². The Labute approximate surface area is 206 Å². The molecular weight excluding hydrogens is 527 g/mol. The zero-order chi connectivity index (χ0) is 25.0. The van der Waals surface area contributed by atoms with Crippen LogP contribution in [0.1, 0.15) is 30.7 Å². The van der Waals surface area contributed by atoms with Crippen LogP contribution in [0.3, 0.4) is 0 Å². The molecule has 0 saturated heterocycles. The van der Waals surface area contributed by atoms with Crippen LogP contribution in [0, 0.1) is 18.7 Å². The van der Waals surface area contributed by atoms with Gasteiger partial charge >= 0.3 is 5.97 Å². The van der Waals surface area contributed by atoms with Crippen LogP contribution in [0.25, 0.3) is 0 Å². The van der Waals surface area contributed by atoms with Crippen molar-refractivity contribution in [2.24, 2.45) is 5.92 Å². The molecule has 34 heavy (non-hydrogen) atoms. The summed E-state index contributed by atoms with van der Waals surface area (Å²) in [5.41, 5.74) is 2.50. The maximum absolute atomic E-state index is 13.7. The molecule has 1 aromatic heterocycles. The number of aromatic nitrogens is 3. The number of rotatable bonds is 9. The third kappa shape index (κ3) is 5.89. The van der Waals surface area contributed by atoms with Gasteiger partial charge in [-0.05, 0) is 52.5 Å². The molecule has 0 amide bonds. The molecule has 8 nitrogen and oxygen atoms in total. The Morgan fingerprint density at radius 1 is 1.21 bits per heavy atom. The van der Waals surface area contributed by atoms with Crippen molar-refractivity contribution in [3.05, 3.63) is 75.8 Å². The molecule has 0 bridgehead atoms. The molecule has 0 aliphatic rings. The second kappa shape index (κ2) is 10.7. The molecule has 0 aliphatic heterocycles. The summed E-state index contributed by atoms with van der Waals surface area (Å²) < 4.78 is 48.6. The SMILES string of the molecule is COC(=O)[C@H](C(C)C)N(Cc1cn(Cc2ccc(C)cc2)nn1)S(=O)(=O)c1ccc(F)cc1Br. The molecule has 0 aliphatic carbocycles. The number of nitrogens with zero attached hydrogens (tertiary/aromatic N) is 4. The molecule has 0 fully saturated rings. The highest BCUT2D eigenvalue weighted by atomic mass is 79.9. The van der Waals surface area contributed by atoms with Gasteiger partial charge in [0.15, 0.2) is 0 Å². The summed E-state index contributed by atoms with van der Waals surface area (Å²) in [5.74, 6) is -1.71. The van der Waals surface area contributed by atoms with Crippen LogP contribution in [0.15, 0.2) is 58.0 Å². The van der Waals surface area contributed by atoms with Crippen molar-refractivity contribution in [3.8, 4) is 0 Å². The molecule has 0 spiro atoms. The van der Waals surface area contributed by atoms with E-state index in [0.29, 0.717) is 12.2 Å². The number of benzene rings is 2. The monoisotopic (exact) mass is 552 g/mol. The molecule has 0 radical (unpaired) electrons. The van der Waals surface area contributed by atoms with Crippen molar-refractivity contribution in [2.75, 3.05) is 7.11 Å². The lowest BCUT2D eigenvalue weighted by Crippen LogP contribution is -2.48. The number of ether oxygens (including phenoxy) is 1. The van der Waals surface area contributed by atoms with E-state index in [-0.39, 0.29) is 15.9 Å². The number of carbonyl (C=O) groups is 1. The van der Waals surface area contributed by atoms with Crippen LogP contribution < -0.4 is 0 Å². The topological polar surface area (TPSA) is 94.4 Å². The number of sulfonamides is 1. The first kappa shape index (κ1) is 26.0. The first-order valence-electron chi connectivity index (χ1n) is 10.5. The molecule has 1 atom stereocenters. The minimum absolute atomic E-state index is 0.0490. The average molecular weight is 553 g/mol. The predicted octanol–water partition coefficient (Wildman–Crippen LogP) is 3.92. The van der Waals surface area contributed by atoms with Crippen LogP contribution in [0.4, 0.5) is 4.39 Å².